The van der Waals surface area contributed by atoms with E-state index in [0.717, 1.165) is 108 Å². The largest absolute Gasteiger partial charge is 0.0622 e. The predicted molar refractivity (Wildman–Crippen MR) is 469 cm³/mol. The summed E-state index contributed by atoms with van der Waals surface area (Å²) in [5.74, 6) is 3.82. The summed E-state index contributed by atoms with van der Waals surface area (Å²) in [6, 6.07) is 111. The Hall–Kier alpha value is -8.57. The number of hydrogen-bond donors (Lipinski definition) is 4. The molecular formula is C92H82BBrCl2N6O4P2PdS2. The first-order valence-corrected chi connectivity index (χ1v) is 46.2. The topological polar surface area (TPSA) is 164 Å². The van der Waals surface area contributed by atoms with Crippen molar-refractivity contribution in [1.29, 1.82) is 5.26 Å². The van der Waals surface area contributed by atoms with Crippen LogP contribution in [-0.2, 0) is 52.7 Å². The number of nitriles is 1. The van der Waals surface area contributed by atoms with E-state index in [0.29, 0.717) is 27.0 Å². The minimum Gasteiger partial charge on any atom is -0.0622 e. The average Bonchev–Trinajstić information content (AvgIpc) is 1.55. The molecule has 0 bridgehead atoms. The van der Waals surface area contributed by atoms with Crippen molar-refractivity contribution in [2.24, 2.45) is 21.5 Å². The zero-order valence-corrected chi connectivity index (χ0v) is 69.0. The van der Waals surface area contributed by atoms with Crippen LogP contribution in [0.5, 0.6) is 11.5 Å². The molecule has 4 spiro atoms. The molecule has 0 amide bonds. The van der Waals surface area contributed by atoms with Gasteiger partial charge in [0.2, 0.25) is 0 Å². The standard InChI is InChI=1S/C28H25N3OS.C21H21BrN2OS.2C18H15P.C7H6BNO2.2ClH.Pd/c1-30-23-8-4-7-21(17-23)22-9-10-25-24(18-22)28(15-16-33-26(29)31-28)27(32-25)13-11-19-5-2-3-6-20(19)12-14-27;22-16-5-6-18-17(13-16)21(11-12-26-19(23)24-21)20(25-18)9-7-14-3-1-2-4-15(14)8-10-20;2*1-4-10-16(11-5-1)19(17-12-6-2-7-13-17)18-14-8-3-9-15-18;9-5-6-2-1-3-7(4-6)8(10)11;;;/h2-10,17-18H,11-16H2,(H2,29,31);1-6,13H,7-12H2,(H2,23,24);2*1-15H;1-4,10-11H;2*1H;/q;;;;;;;+2/p-2. The molecule has 12 aromatic carbocycles. The van der Waals surface area contributed by atoms with Gasteiger partial charge in [0.1, 0.15) is 33.8 Å². The Labute approximate surface area is 687 Å². The second kappa shape index (κ2) is 38.3. The van der Waals surface area contributed by atoms with E-state index in [-0.39, 0.29) is 27.1 Å². The van der Waals surface area contributed by atoms with Crippen molar-refractivity contribution in [2.45, 2.75) is 86.5 Å². The van der Waals surface area contributed by atoms with Crippen LogP contribution in [0.2, 0.25) is 0 Å². The molecular weight excluding hydrogens is 1650 g/mol. The van der Waals surface area contributed by atoms with Gasteiger partial charge < -0.3 is 31.0 Å². The summed E-state index contributed by atoms with van der Waals surface area (Å²) in [4.78, 5) is 13.9. The van der Waals surface area contributed by atoms with Crippen LogP contribution < -0.4 is 58.2 Å². The predicted octanol–water partition coefficient (Wildman–Crippen LogP) is 18.6. The SMILES string of the molecule is N#Cc1cccc(B(O)O)c1.NC1=NC2(CCS1)c1cc(Br)ccc1OC21CCc2ccccc2CC1.[C-]#[N+]c1cccc(-c2ccc3c(c2)C2(CCSC(N)=N2)C2(CCc4ccccc4CC2)O3)c1.[Cl][Pd][Cl].c1ccc(P(c2ccccc2)c2ccccc2)cc1.c1ccc(P(c2ccccc2)c2ccccc2)cc1. The van der Waals surface area contributed by atoms with Gasteiger partial charge in [-0.1, -0.05) is 306 Å². The van der Waals surface area contributed by atoms with Gasteiger partial charge in [-0.05, 0) is 199 Å². The van der Waals surface area contributed by atoms with Gasteiger partial charge in [0, 0.05) is 27.1 Å². The molecule has 2 atom stereocenters. The molecule has 0 saturated heterocycles. The summed E-state index contributed by atoms with van der Waals surface area (Å²) < 4.78 is 14.7. The normalized spacial score (nSPS) is 17.5. The summed E-state index contributed by atoms with van der Waals surface area (Å²) >= 11 is 6.83. The Morgan fingerprint density at radius 3 is 1.16 bits per heavy atom. The van der Waals surface area contributed by atoms with Crippen LogP contribution in [0.3, 0.4) is 0 Å². The maximum absolute atomic E-state index is 8.69. The molecule has 19 heteroatoms. The van der Waals surface area contributed by atoms with Crippen LogP contribution in [0.25, 0.3) is 16.0 Å². The van der Waals surface area contributed by atoms with Crippen molar-refractivity contribution in [2.75, 3.05) is 11.5 Å². The second-order valence-electron chi connectivity index (χ2n) is 27.4. The van der Waals surface area contributed by atoms with Gasteiger partial charge in [0.25, 0.3) is 0 Å². The number of ether oxygens (including phenoxy) is 2. The fraction of sp³-hybridized carbons (Fsp3) is 0.174. The molecule has 6 aliphatic rings. The number of nitrogens with zero attached hydrogens (tertiary/aromatic N) is 4. The third-order valence-corrected chi connectivity index (χ3v) is 28.1. The minimum atomic E-state index is -1.50. The molecule has 10 nitrogen and oxygen atoms in total. The molecule has 0 saturated carbocycles. The summed E-state index contributed by atoms with van der Waals surface area (Å²) in [5, 5.41) is 35.5. The van der Waals surface area contributed by atoms with Crippen LogP contribution in [0, 0.1) is 17.9 Å². The van der Waals surface area contributed by atoms with Gasteiger partial charge in [-0.15, -0.1) is 0 Å². The number of aryl methyl sites for hydroxylation is 4. The quantitative estimate of drug-likeness (QED) is 0.0659. The van der Waals surface area contributed by atoms with Crippen molar-refractivity contribution in [1.82, 2.24) is 0 Å². The number of benzene rings is 12. The average molecular weight is 1730 g/mol. The number of hydrogen-bond acceptors (Lipinski definition) is 11. The van der Waals surface area contributed by atoms with Crippen molar-refractivity contribution >= 4 is 135 Å². The Kier molecular flexibility index (Phi) is 27.8. The molecule has 4 aliphatic heterocycles. The molecule has 2 aliphatic carbocycles. The molecule has 4 heterocycles. The molecule has 0 fully saturated rings. The van der Waals surface area contributed by atoms with Crippen molar-refractivity contribution < 1.29 is 35.5 Å². The van der Waals surface area contributed by atoms with Crippen LogP contribution in [0.1, 0.15) is 77.5 Å². The smallest absolute Gasteiger partial charge is 0.0134 e. The molecule has 0 aromatic heterocycles. The number of nitrogens with two attached hydrogens (primary N) is 2. The maximum atomic E-state index is 8.69. The van der Waals surface area contributed by atoms with E-state index in [1.807, 2.05) is 24.3 Å². The van der Waals surface area contributed by atoms with Gasteiger partial charge in [-0.3, -0.25) is 0 Å². The van der Waals surface area contributed by atoms with E-state index in [9.17, 15) is 0 Å². The zero-order valence-electron chi connectivity index (χ0n) is 60.9. The summed E-state index contributed by atoms with van der Waals surface area (Å²) in [6.45, 7) is 7.38. The number of aliphatic imine (C=N–C) groups is 2. The third-order valence-electron chi connectivity index (χ3n) is 21.1. The Bertz CT molecular complexity index is 4920. The third kappa shape index (κ3) is 18.7. The van der Waals surface area contributed by atoms with Crippen molar-refractivity contribution in [3.63, 3.8) is 0 Å². The van der Waals surface area contributed by atoms with E-state index in [1.54, 1.807) is 41.7 Å². The molecule has 18 rings (SSSR count). The summed E-state index contributed by atoms with van der Waals surface area (Å²) in [7, 11) is 7.24. The van der Waals surface area contributed by atoms with E-state index < -0.39 is 34.1 Å². The molecule has 111 heavy (non-hydrogen) atoms. The Morgan fingerprint density at radius 1 is 0.450 bits per heavy atom. The molecule has 12 aromatic rings. The number of fused-ring (bicyclic) bond motifs is 8. The summed E-state index contributed by atoms with van der Waals surface area (Å²) in [6.07, 6.45) is 9.67. The van der Waals surface area contributed by atoms with Gasteiger partial charge in [0.15, 0.2) is 16.0 Å². The van der Waals surface area contributed by atoms with Crippen LogP contribution >= 0.6 is 74.4 Å². The fourth-order valence-corrected chi connectivity index (χ4v) is 22.5. The molecule has 2 unspecified atom stereocenters. The Balaban J connectivity index is 0.000000125. The minimum absolute atomic E-state index is 0.106. The van der Waals surface area contributed by atoms with Crippen molar-refractivity contribution in [3.05, 3.63) is 370 Å². The molecule has 0 radical (unpaired) electrons. The number of thioether (sulfide) groups is 2. The van der Waals surface area contributed by atoms with E-state index in [1.165, 1.54) is 65.7 Å². The first-order chi connectivity index (χ1) is 54.3. The number of halogens is 3. The van der Waals surface area contributed by atoms with E-state index >= 15 is 0 Å². The molecule has 560 valence electrons. The first-order valence-electron chi connectivity index (χ1n) is 36.8. The van der Waals surface area contributed by atoms with Crippen LogP contribution in [0.4, 0.5) is 5.69 Å². The monoisotopic (exact) mass is 1730 g/mol. The zero-order chi connectivity index (χ0) is 77.1. The number of amidine groups is 2. The molecule has 6 N–H and O–H groups in total. The second-order valence-corrected chi connectivity index (χ2v) is 37.3. The van der Waals surface area contributed by atoms with E-state index in [4.69, 9.17) is 71.9 Å². The van der Waals surface area contributed by atoms with Crippen LogP contribution in [0.15, 0.2) is 330 Å². The van der Waals surface area contributed by atoms with E-state index in [2.05, 4.69) is 294 Å². The maximum Gasteiger partial charge on any atom is -0.0134 e. The first kappa shape index (κ1) is 80.5. The number of rotatable bonds is 8. The Morgan fingerprint density at radius 2 is 0.802 bits per heavy atom. The van der Waals surface area contributed by atoms with Gasteiger partial charge in [-0.25, -0.2) is 14.8 Å². The van der Waals surface area contributed by atoms with Gasteiger partial charge >= 0.3 is 42.1 Å². The fourth-order valence-electron chi connectivity index (χ4n) is 15.9. The van der Waals surface area contributed by atoms with Crippen molar-refractivity contribution in [3.8, 4) is 28.7 Å². The van der Waals surface area contributed by atoms with Gasteiger partial charge in [-0.2, -0.15) is 5.26 Å². The van der Waals surface area contributed by atoms with Gasteiger partial charge in [0.05, 0.1) is 18.2 Å². The van der Waals surface area contributed by atoms with Crippen LogP contribution in [-0.4, -0.2) is 50.2 Å². The summed E-state index contributed by atoms with van der Waals surface area (Å²) in [5.41, 5.74) is 22.6.